The van der Waals surface area contributed by atoms with E-state index in [0.717, 1.165) is 18.7 Å². The molecule has 1 saturated carbocycles. The Hall–Kier alpha value is -0.920. The molecule has 0 aliphatic heterocycles. The summed E-state index contributed by atoms with van der Waals surface area (Å²) in [7, 11) is -0.166. The van der Waals surface area contributed by atoms with Crippen molar-refractivity contribution in [1.29, 1.82) is 0 Å². The Bertz CT molecular complexity index is 558. The Morgan fingerprint density at radius 3 is 2.68 bits per heavy atom. The summed E-state index contributed by atoms with van der Waals surface area (Å²) in [4.78, 5) is 8.51. The molecule has 0 saturated heterocycles. The van der Waals surface area contributed by atoms with Gasteiger partial charge in [-0.2, -0.15) is 0 Å². The van der Waals surface area contributed by atoms with E-state index < -0.39 is 10.0 Å². The van der Waals surface area contributed by atoms with Gasteiger partial charge in [-0.1, -0.05) is 11.6 Å². The van der Waals surface area contributed by atoms with Crippen molar-refractivity contribution >= 4 is 27.4 Å². The highest BCUT2D eigenvalue weighted by atomic mass is 35.5. The van der Waals surface area contributed by atoms with Crippen LogP contribution in [0.4, 0.5) is 5.82 Å². The smallest absolute Gasteiger partial charge is 0.215 e. The molecular weight excluding hydrogens is 288 g/mol. The van der Waals surface area contributed by atoms with Gasteiger partial charge in [0.05, 0.1) is 5.75 Å². The number of rotatable bonds is 6. The zero-order chi connectivity index (χ0) is 14.0. The van der Waals surface area contributed by atoms with Crippen LogP contribution in [-0.2, 0) is 10.0 Å². The molecular formula is C11H17ClN4O2S. The third kappa shape index (κ3) is 4.02. The summed E-state index contributed by atoms with van der Waals surface area (Å²) in [5, 5.41) is 3.36. The van der Waals surface area contributed by atoms with Crippen LogP contribution in [-0.4, -0.2) is 49.1 Å². The van der Waals surface area contributed by atoms with Gasteiger partial charge in [-0.05, 0) is 12.8 Å². The van der Waals surface area contributed by atoms with Gasteiger partial charge in [-0.3, -0.25) is 0 Å². The molecule has 1 aliphatic carbocycles. The van der Waals surface area contributed by atoms with Crippen LogP contribution in [0, 0.1) is 0 Å². The van der Waals surface area contributed by atoms with E-state index in [-0.39, 0.29) is 12.3 Å². The molecule has 19 heavy (non-hydrogen) atoms. The highest BCUT2D eigenvalue weighted by molar-refractivity contribution is 7.89. The molecule has 1 heterocycles. The summed E-state index contributed by atoms with van der Waals surface area (Å²) in [5.74, 6) is 1.74. The molecule has 1 aliphatic rings. The molecule has 0 unspecified atom stereocenters. The minimum absolute atomic E-state index is 0.0143. The Labute approximate surface area is 118 Å². The van der Waals surface area contributed by atoms with Gasteiger partial charge < -0.3 is 5.32 Å². The number of hydrogen-bond acceptors (Lipinski definition) is 5. The maximum atomic E-state index is 11.6. The van der Waals surface area contributed by atoms with Crippen LogP contribution < -0.4 is 5.32 Å². The minimum Gasteiger partial charge on any atom is -0.369 e. The zero-order valence-electron chi connectivity index (χ0n) is 10.9. The Morgan fingerprint density at radius 1 is 1.42 bits per heavy atom. The summed E-state index contributed by atoms with van der Waals surface area (Å²) in [6.45, 7) is 0.290. The van der Waals surface area contributed by atoms with Crippen LogP contribution in [0.5, 0.6) is 0 Å². The fourth-order valence-electron chi connectivity index (χ4n) is 1.54. The van der Waals surface area contributed by atoms with Crippen molar-refractivity contribution in [2.75, 3.05) is 31.7 Å². The largest absolute Gasteiger partial charge is 0.369 e. The Balaban J connectivity index is 1.96. The van der Waals surface area contributed by atoms with Gasteiger partial charge in [0.2, 0.25) is 10.0 Å². The molecule has 2 rings (SSSR count). The molecule has 0 radical (unpaired) electrons. The third-order valence-corrected chi connectivity index (χ3v) is 4.90. The van der Waals surface area contributed by atoms with Crippen molar-refractivity contribution in [2.24, 2.45) is 0 Å². The van der Waals surface area contributed by atoms with Crippen molar-refractivity contribution in [3.05, 3.63) is 17.0 Å². The van der Waals surface area contributed by atoms with Crippen molar-refractivity contribution < 1.29 is 8.42 Å². The summed E-state index contributed by atoms with van der Waals surface area (Å²) in [6, 6.07) is 1.61. The maximum absolute atomic E-state index is 11.6. The molecule has 106 valence electrons. The second-order valence-corrected chi connectivity index (χ2v) is 7.42. The molecule has 0 aromatic carbocycles. The molecule has 0 atom stereocenters. The predicted octanol–water partition coefficient (Wildman–Crippen LogP) is 1.31. The average Bonchev–Trinajstić information content (AvgIpc) is 3.11. The molecule has 8 heteroatoms. The number of aromatic nitrogens is 2. The lowest BCUT2D eigenvalue weighted by Crippen LogP contribution is -2.28. The normalized spacial score (nSPS) is 15.8. The molecule has 6 nitrogen and oxygen atoms in total. The lowest BCUT2D eigenvalue weighted by molar-refractivity contribution is 0.521. The quantitative estimate of drug-likeness (QED) is 0.802. The minimum atomic E-state index is -3.20. The fourth-order valence-corrected chi connectivity index (χ4v) is 2.46. The maximum Gasteiger partial charge on any atom is 0.215 e. The number of anilines is 1. The van der Waals surface area contributed by atoms with Crippen LogP contribution >= 0.6 is 11.6 Å². The van der Waals surface area contributed by atoms with Gasteiger partial charge in [0, 0.05) is 32.6 Å². The first-order valence-corrected chi connectivity index (χ1v) is 8.06. The lowest BCUT2D eigenvalue weighted by atomic mass is 10.4. The van der Waals surface area contributed by atoms with E-state index in [1.165, 1.54) is 18.4 Å². The van der Waals surface area contributed by atoms with E-state index in [1.54, 1.807) is 6.07 Å². The number of sulfonamides is 1. The van der Waals surface area contributed by atoms with Crippen molar-refractivity contribution in [2.45, 2.75) is 18.8 Å². The van der Waals surface area contributed by atoms with Crippen LogP contribution in [0.1, 0.15) is 24.6 Å². The molecule has 0 bridgehead atoms. The Morgan fingerprint density at radius 2 is 2.11 bits per heavy atom. The molecule has 1 N–H and O–H groups in total. The first kappa shape index (κ1) is 14.5. The lowest BCUT2D eigenvalue weighted by Gasteiger charge is -2.12. The molecule has 1 fully saturated rings. The highest BCUT2D eigenvalue weighted by Gasteiger charge is 2.27. The number of nitrogens with one attached hydrogen (secondary N) is 1. The summed E-state index contributed by atoms with van der Waals surface area (Å²) < 4.78 is 24.4. The van der Waals surface area contributed by atoms with E-state index in [1.807, 2.05) is 0 Å². The third-order valence-electron chi connectivity index (χ3n) is 2.88. The number of halogens is 1. The first-order valence-electron chi connectivity index (χ1n) is 6.07. The molecule has 1 aromatic heterocycles. The van der Waals surface area contributed by atoms with Crippen LogP contribution in [0.2, 0.25) is 5.15 Å². The second-order valence-electron chi connectivity index (χ2n) is 4.73. The van der Waals surface area contributed by atoms with Gasteiger partial charge in [0.15, 0.2) is 0 Å². The summed E-state index contributed by atoms with van der Waals surface area (Å²) in [5.41, 5.74) is 0. The van der Waals surface area contributed by atoms with E-state index in [4.69, 9.17) is 11.6 Å². The standard InChI is InChI=1S/C11H17ClN4O2S/c1-16(2)19(17,18)6-5-13-10-7-9(12)14-11(15-10)8-3-4-8/h7-8H,3-6H2,1-2H3,(H,13,14,15). The van der Waals surface area contributed by atoms with Gasteiger partial charge in [0.1, 0.15) is 16.8 Å². The first-order chi connectivity index (χ1) is 8.88. The summed E-state index contributed by atoms with van der Waals surface area (Å²) >= 11 is 5.92. The van der Waals surface area contributed by atoms with Gasteiger partial charge in [0.25, 0.3) is 0 Å². The summed E-state index contributed by atoms with van der Waals surface area (Å²) in [6.07, 6.45) is 2.18. The van der Waals surface area contributed by atoms with Crippen molar-refractivity contribution in [1.82, 2.24) is 14.3 Å². The zero-order valence-corrected chi connectivity index (χ0v) is 12.5. The molecule has 0 spiro atoms. The predicted molar refractivity (Wildman–Crippen MR) is 75.0 cm³/mol. The van der Waals surface area contributed by atoms with Gasteiger partial charge >= 0.3 is 0 Å². The van der Waals surface area contributed by atoms with Crippen LogP contribution in [0.25, 0.3) is 0 Å². The monoisotopic (exact) mass is 304 g/mol. The fraction of sp³-hybridized carbons (Fsp3) is 0.636. The second kappa shape index (κ2) is 5.60. The number of nitrogens with zero attached hydrogens (tertiary/aromatic N) is 3. The van der Waals surface area contributed by atoms with Gasteiger partial charge in [-0.15, -0.1) is 0 Å². The molecule has 0 amide bonds. The SMILES string of the molecule is CN(C)S(=O)(=O)CCNc1cc(Cl)nc(C2CC2)n1. The van der Waals surface area contributed by atoms with E-state index in [0.29, 0.717) is 16.9 Å². The van der Waals surface area contributed by atoms with E-state index in [9.17, 15) is 8.42 Å². The topological polar surface area (TPSA) is 75.2 Å². The number of hydrogen-bond donors (Lipinski definition) is 1. The highest BCUT2D eigenvalue weighted by Crippen LogP contribution is 2.38. The van der Waals surface area contributed by atoms with Crippen LogP contribution in [0.15, 0.2) is 6.07 Å². The van der Waals surface area contributed by atoms with Crippen LogP contribution in [0.3, 0.4) is 0 Å². The molecule has 1 aromatic rings. The van der Waals surface area contributed by atoms with E-state index in [2.05, 4.69) is 15.3 Å². The average molecular weight is 305 g/mol. The Kier molecular flexibility index (Phi) is 4.27. The van der Waals surface area contributed by atoms with Gasteiger partial charge in [-0.25, -0.2) is 22.7 Å². The van der Waals surface area contributed by atoms with Crippen molar-refractivity contribution in [3.63, 3.8) is 0 Å². The van der Waals surface area contributed by atoms with E-state index >= 15 is 0 Å². The van der Waals surface area contributed by atoms with Crippen molar-refractivity contribution in [3.8, 4) is 0 Å².